The highest BCUT2D eigenvalue weighted by Gasteiger charge is 2.30. The summed E-state index contributed by atoms with van der Waals surface area (Å²) in [6.07, 6.45) is 4.48. The summed E-state index contributed by atoms with van der Waals surface area (Å²) in [5.74, 6) is 3.45. The molecule has 0 atom stereocenters. The highest BCUT2D eigenvalue weighted by molar-refractivity contribution is 6.30. The van der Waals surface area contributed by atoms with Crippen molar-refractivity contribution in [1.82, 2.24) is 19.7 Å². The third-order valence-corrected chi connectivity index (χ3v) is 6.21. The molecule has 2 aromatic carbocycles. The molecule has 0 radical (unpaired) electrons. The smallest absolute Gasteiger partial charge is 0.151 e. The van der Waals surface area contributed by atoms with Gasteiger partial charge >= 0.3 is 0 Å². The maximum atomic E-state index is 6.28. The number of fused-ring (bicyclic) bond motifs is 3. The van der Waals surface area contributed by atoms with Crippen molar-refractivity contribution in [2.24, 2.45) is 0 Å². The topological polar surface area (TPSA) is 43.2 Å². The van der Waals surface area contributed by atoms with E-state index in [0.717, 1.165) is 66.9 Å². The molecule has 0 saturated heterocycles. The zero-order valence-electron chi connectivity index (χ0n) is 16.6. The van der Waals surface area contributed by atoms with Crippen molar-refractivity contribution in [2.45, 2.75) is 50.8 Å². The Morgan fingerprint density at radius 3 is 2.55 bits per heavy atom. The van der Waals surface area contributed by atoms with E-state index in [1.165, 1.54) is 5.56 Å². The number of aromatic nitrogens is 3. The fourth-order valence-corrected chi connectivity index (χ4v) is 4.77. The van der Waals surface area contributed by atoms with Gasteiger partial charge in [-0.1, -0.05) is 29.8 Å². The molecule has 1 aliphatic carbocycles. The maximum Gasteiger partial charge on any atom is 0.151 e. The van der Waals surface area contributed by atoms with Crippen molar-refractivity contribution >= 4 is 11.6 Å². The van der Waals surface area contributed by atoms with E-state index in [-0.39, 0.29) is 6.10 Å². The second-order valence-electron chi connectivity index (χ2n) is 8.16. The number of hydrogen-bond donors (Lipinski definition) is 0. The van der Waals surface area contributed by atoms with Crippen LogP contribution >= 0.6 is 11.6 Å². The Bertz CT molecular complexity index is 995. The molecule has 2 heterocycles. The van der Waals surface area contributed by atoms with Crippen LogP contribution in [0.2, 0.25) is 5.02 Å². The van der Waals surface area contributed by atoms with Crippen LogP contribution in [-0.2, 0) is 13.1 Å². The third kappa shape index (κ3) is 3.77. The molecular formula is C23H25ClN4O. The Kier molecular flexibility index (Phi) is 5.02. The van der Waals surface area contributed by atoms with Crippen molar-refractivity contribution in [3.63, 3.8) is 0 Å². The number of hydrogen-bond acceptors (Lipinski definition) is 4. The average molecular weight is 409 g/mol. The van der Waals surface area contributed by atoms with Crippen LogP contribution in [0.3, 0.4) is 0 Å². The molecule has 5 nitrogen and oxygen atoms in total. The first-order valence-electron chi connectivity index (χ1n) is 10.3. The highest BCUT2D eigenvalue weighted by Crippen LogP contribution is 2.36. The van der Waals surface area contributed by atoms with Gasteiger partial charge in [0.2, 0.25) is 0 Å². The minimum Gasteiger partial charge on any atom is -0.490 e. The molecule has 0 N–H and O–H groups in total. The van der Waals surface area contributed by atoms with Crippen molar-refractivity contribution < 1.29 is 4.74 Å². The number of para-hydroxylation sites is 1. The number of nitrogens with zero attached hydrogens (tertiary/aromatic N) is 4. The lowest BCUT2D eigenvalue weighted by Gasteiger charge is -2.29. The van der Waals surface area contributed by atoms with E-state index in [9.17, 15) is 0 Å². The van der Waals surface area contributed by atoms with Gasteiger partial charge in [-0.15, -0.1) is 10.2 Å². The molecule has 1 aliphatic heterocycles. The van der Waals surface area contributed by atoms with Gasteiger partial charge in [-0.05, 0) is 68.6 Å². The molecule has 0 bridgehead atoms. The fraction of sp³-hybridized carbons (Fsp3) is 0.391. The van der Waals surface area contributed by atoms with Gasteiger partial charge in [0, 0.05) is 17.5 Å². The summed E-state index contributed by atoms with van der Waals surface area (Å²) in [6, 6.07) is 16.3. The lowest BCUT2D eigenvalue weighted by Crippen LogP contribution is -2.24. The summed E-state index contributed by atoms with van der Waals surface area (Å²) in [7, 11) is 2.11. The highest BCUT2D eigenvalue weighted by atomic mass is 35.5. The quantitative estimate of drug-likeness (QED) is 0.613. The lowest BCUT2D eigenvalue weighted by molar-refractivity contribution is 0.144. The number of ether oxygens (including phenoxy) is 1. The predicted octanol–water partition coefficient (Wildman–Crippen LogP) is 4.97. The van der Waals surface area contributed by atoms with E-state index < -0.39 is 0 Å². The van der Waals surface area contributed by atoms with Crippen LogP contribution < -0.4 is 4.74 Å². The van der Waals surface area contributed by atoms with Crippen LogP contribution in [0.25, 0.3) is 5.69 Å². The van der Waals surface area contributed by atoms with E-state index in [1.807, 2.05) is 36.4 Å². The van der Waals surface area contributed by atoms with Crippen LogP contribution in [-0.4, -0.2) is 32.8 Å². The van der Waals surface area contributed by atoms with Gasteiger partial charge in [0.25, 0.3) is 0 Å². The van der Waals surface area contributed by atoms with E-state index in [4.69, 9.17) is 16.3 Å². The monoisotopic (exact) mass is 408 g/mol. The van der Waals surface area contributed by atoms with Gasteiger partial charge in [-0.2, -0.15) is 0 Å². The molecule has 1 fully saturated rings. The first kappa shape index (κ1) is 18.6. The van der Waals surface area contributed by atoms with Gasteiger partial charge in [-0.25, -0.2) is 0 Å². The minimum atomic E-state index is 0.275. The molecule has 150 valence electrons. The summed E-state index contributed by atoms with van der Waals surface area (Å²) in [5.41, 5.74) is 2.39. The zero-order valence-corrected chi connectivity index (χ0v) is 17.3. The first-order chi connectivity index (χ1) is 14.2. The second kappa shape index (κ2) is 7.81. The number of benzene rings is 2. The van der Waals surface area contributed by atoms with Crippen molar-refractivity contribution in [1.29, 1.82) is 0 Å². The maximum absolute atomic E-state index is 6.28. The van der Waals surface area contributed by atoms with Crippen molar-refractivity contribution in [3.05, 3.63) is 70.8 Å². The molecule has 29 heavy (non-hydrogen) atoms. The largest absolute Gasteiger partial charge is 0.490 e. The van der Waals surface area contributed by atoms with E-state index in [0.29, 0.717) is 5.92 Å². The molecule has 0 amide bonds. The van der Waals surface area contributed by atoms with Crippen LogP contribution in [0, 0.1) is 0 Å². The van der Waals surface area contributed by atoms with Crippen LogP contribution in [0.1, 0.15) is 48.8 Å². The second-order valence-corrected chi connectivity index (χ2v) is 8.60. The van der Waals surface area contributed by atoms with Crippen molar-refractivity contribution in [3.8, 4) is 11.4 Å². The Hall–Kier alpha value is -2.37. The summed E-state index contributed by atoms with van der Waals surface area (Å²) in [6.45, 7) is 1.64. The molecule has 1 saturated carbocycles. The summed E-state index contributed by atoms with van der Waals surface area (Å²) < 4.78 is 8.45. The molecular weight excluding hydrogens is 384 g/mol. The van der Waals surface area contributed by atoms with Gasteiger partial charge in [-0.3, -0.25) is 9.47 Å². The van der Waals surface area contributed by atoms with Crippen LogP contribution in [0.5, 0.6) is 5.75 Å². The minimum absolute atomic E-state index is 0.275. The Morgan fingerprint density at radius 1 is 0.966 bits per heavy atom. The molecule has 0 unspecified atom stereocenters. The standard InChI is InChI=1S/C23H25ClN4O/c1-27-14-17-13-18(24)9-12-21(17)28-22(15-27)25-26-23(28)16-7-10-20(11-8-16)29-19-5-3-2-4-6-19/h2-6,9,12-13,16,20H,7-8,10-11,14-15H2,1H3. The fourth-order valence-electron chi connectivity index (χ4n) is 4.58. The first-order valence-corrected chi connectivity index (χ1v) is 10.7. The zero-order chi connectivity index (χ0) is 19.8. The Labute approximate surface area is 176 Å². The molecule has 6 heteroatoms. The SMILES string of the molecule is CN1Cc2cc(Cl)ccc2-n2c(nnc2C2CCC(Oc3ccccc3)CC2)C1. The van der Waals surface area contributed by atoms with Gasteiger partial charge in [0.15, 0.2) is 5.82 Å². The Balaban J connectivity index is 1.38. The van der Waals surface area contributed by atoms with E-state index in [1.54, 1.807) is 0 Å². The number of halogens is 1. The van der Waals surface area contributed by atoms with Crippen molar-refractivity contribution in [2.75, 3.05) is 7.05 Å². The normalized spacial score (nSPS) is 21.9. The molecule has 5 rings (SSSR count). The Morgan fingerprint density at radius 2 is 1.76 bits per heavy atom. The van der Waals surface area contributed by atoms with Gasteiger partial charge < -0.3 is 4.74 Å². The van der Waals surface area contributed by atoms with E-state index >= 15 is 0 Å². The van der Waals surface area contributed by atoms with Crippen LogP contribution in [0.15, 0.2) is 48.5 Å². The summed E-state index contributed by atoms with van der Waals surface area (Å²) >= 11 is 6.28. The molecule has 0 spiro atoms. The van der Waals surface area contributed by atoms with Gasteiger partial charge in [0.05, 0.1) is 18.3 Å². The molecule has 3 aromatic rings. The lowest BCUT2D eigenvalue weighted by atomic mass is 9.86. The molecule has 2 aliphatic rings. The summed E-state index contributed by atoms with van der Waals surface area (Å²) in [5, 5.41) is 9.97. The molecule has 1 aromatic heterocycles. The van der Waals surface area contributed by atoms with Crippen LogP contribution in [0.4, 0.5) is 0 Å². The predicted molar refractivity (Wildman–Crippen MR) is 114 cm³/mol. The summed E-state index contributed by atoms with van der Waals surface area (Å²) in [4.78, 5) is 2.26. The third-order valence-electron chi connectivity index (χ3n) is 5.97. The average Bonchev–Trinajstić information content (AvgIpc) is 3.06. The number of rotatable bonds is 3. The van der Waals surface area contributed by atoms with E-state index in [2.05, 4.69) is 38.8 Å². The van der Waals surface area contributed by atoms with Gasteiger partial charge in [0.1, 0.15) is 11.6 Å².